The third-order valence-electron chi connectivity index (χ3n) is 3.24. The zero-order valence-corrected chi connectivity index (χ0v) is 13.3. The SMILES string of the molecule is O=C(COc1ccccc1)Nc1ccc2sc(C(=O)NO)cc2c1. The predicted octanol–water partition coefficient (Wildman–Crippen LogP) is 3.04. The molecule has 24 heavy (non-hydrogen) atoms. The van der Waals surface area contributed by atoms with Gasteiger partial charge >= 0.3 is 0 Å². The normalized spacial score (nSPS) is 10.4. The standard InChI is InChI=1S/C17H14N2O4S/c20-16(10-23-13-4-2-1-3-5-13)18-12-6-7-14-11(8-12)9-15(24-14)17(21)19-22/h1-9,22H,10H2,(H,18,20)(H,19,21). The highest BCUT2D eigenvalue weighted by molar-refractivity contribution is 7.20. The van der Waals surface area contributed by atoms with E-state index in [1.165, 1.54) is 11.3 Å². The molecular formula is C17H14N2O4S. The summed E-state index contributed by atoms with van der Waals surface area (Å²) in [5.74, 6) is -0.208. The van der Waals surface area contributed by atoms with Gasteiger partial charge < -0.3 is 10.1 Å². The topological polar surface area (TPSA) is 87.7 Å². The van der Waals surface area contributed by atoms with Gasteiger partial charge in [-0.3, -0.25) is 14.8 Å². The monoisotopic (exact) mass is 342 g/mol. The quantitative estimate of drug-likeness (QED) is 0.491. The second kappa shape index (κ2) is 7.12. The Morgan fingerprint density at radius 1 is 1.08 bits per heavy atom. The minimum absolute atomic E-state index is 0.0934. The van der Waals surface area contributed by atoms with Crippen LogP contribution in [0.5, 0.6) is 5.75 Å². The van der Waals surface area contributed by atoms with Crippen LogP contribution in [0.15, 0.2) is 54.6 Å². The molecule has 122 valence electrons. The molecule has 0 aliphatic rings. The van der Waals surface area contributed by atoms with Gasteiger partial charge in [0.1, 0.15) is 5.75 Å². The van der Waals surface area contributed by atoms with Gasteiger partial charge in [0.05, 0.1) is 4.88 Å². The molecule has 0 aliphatic heterocycles. The Balaban J connectivity index is 1.66. The highest BCUT2D eigenvalue weighted by Gasteiger charge is 2.10. The van der Waals surface area contributed by atoms with E-state index in [1.807, 2.05) is 24.3 Å². The highest BCUT2D eigenvalue weighted by atomic mass is 32.1. The molecule has 0 fully saturated rings. The third kappa shape index (κ3) is 3.70. The van der Waals surface area contributed by atoms with E-state index in [4.69, 9.17) is 9.94 Å². The van der Waals surface area contributed by atoms with E-state index in [0.29, 0.717) is 16.3 Å². The fraction of sp³-hybridized carbons (Fsp3) is 0.0588. The molecule has 3 N–H and O–H groups in total. The smallest absolute Gasteiger partial charge is 0.284 e. The van der Waals surface area contributed by atoms with E-state index in [0.717, 1.165) is 10.1 Å². The Morgan fingerprint density at radius 2 is 1.88 bits per heavy atom. The van der Waals surface area contributed by atoms with Crippen molar-refractivity contribution in [2.24, 2.45) is 0 Å². The van der Waals surface area contributed by atoms with Gasteiger partial charge in [-0.15, -0.1) is 11.3 Å². The van der Waals surface area contributed by atoms with Crippen molar-refractivity contribution in [1.82, 2.24) is 5.48 Å². The van der Waals surface area contributed by atoms with Crippen LogP contribution >= 0.6 is 11.3 Å². The van der Waals surface area contributed by atoms with Gasteiger partial charge in [-0.05, 0) is 41.8 Å². The number of nitrogens with one attached hydrogen (secondary N) is 2. The number of carbonyl (C=O) groups is 2. The molecule has 0 unspecified atom stereocenters. The molecule has 3 rings (SSSR count). The first kappa shape index (κ1) is 16.0. The number of thiophene rings is 1. The van der Waals surface area contributed by atoms with E-state index in [-0.39, 0.29) is 12.5 Å². The van der Waals surface area contributed by atoms with Crippen LogP contribution in [0.4, 0.5) is 5.69 Å². The van der Waals surface area contributed by atoms with Crippen molar-refractivity contribution >= 4 is 38.9 Å². The summed E-state index contributed by atoms with van der Waals surface area (Å²) >= 11 is 1.26. The van der Waals surface area contributed by atoms with Gasteiger partial charge in [0.15, 0.2) is 6.61 Å². The third-order valence-corrected chi connectivity index (χ3v) is 4.35. The second-order valence-electron chi connectivity index (χ2n) is 4.95. The van der Waals surface area contributed by atoms with Crippen LogP contribution in [-0.4, -0.2) is 23.6 Å². The maximum absolute atomic E-state index is 12.0. The van der Waals surface area contributed by atoms with Gasteiger partial charge in [-0.1, -0.05) is 18.2 Å². The molecule has 0 saturated carbocycles. The number of hydrogen-bond acceptors (Lipinski definition) is 5. The lowest BCUT2D eigenvalue weighted by Gasteiger charge is -2.07. The second-order valence-corrected chi connectivity index (χ2v) is 6.04. The molecule has 0 bridgehead atoms. The van der Waals surface area contributed by atoms with Crippen LogP contribution in [0.25, 0.3) is 10.1 Å². The van der Waals surface area contributed by atoms with Crippen molar-refractivity contribution < 1.29 is 19.5 Å². The lowest BCUT2D eigenvalue weighted by atomic mass is 10.2. The molecule has 2 amide bonds. The minimum atomic E-state index is -0.557. The molecule has 7 heteroatoms. The molecule has 0 spiro atoms. The summed E-state index contributed by atoms with van der Waals surface area (Å²) in [7, 11) is 0. The van der Waals surface area contributed by atoms with Crippen LogP contribution in [-0.2, 0) is 4.79 Å². The van der Waals surface area contributed by atoms with Crippen LogP contribution < -0.4 is 15.5 Å². The van der Waals surface area contributed by atoms with Gasteiger partial charge in [0.25, 0.3) is 11.8 Å². The number of rotatable bonds is 5. The number of fused-ring (bicyclic) bond motifs is 1. The number of hydroxylamine groups is 1. The van der Waals surface area contributed by atoms with E-state index < -0.39 is 5.91 Å². The summed E-state index contributed by atoms with van der Waals surface area (Å²) < 4.78 is 6.27. The van der Waals surface area contributed by atoms with Gasteiger partial charge in [0.2, 0.25) is 0 Å². The molecule has 2 aromatic carbocycles. The van der Waals surface area contributed by atoms with E-state index >= 15 is 0 Å². The Morgan fingerprint density at radius 3 is 2.62 bits per heavy atom. The number of para-hydroxylation sites is 1. The van der Waals surface area contributed by atoms with Crippen molar-refractivity contribution in [1.29, 1.82) is 0 Å². The summed E-state index contributed by atoms with van der Waals surface area (Å²) in [6.45, 7) is -0.0934. The molecule has 6 nitrogen and oxygen atoms in total. The Hall–Kier alpha value is -2.90. The largest absolute Gasteiger partial charge is 0.484 e. The number of amides is 2. The van der Waals surface area contributed by atoms with Gasteiger partial charge in [0, 0.05) is 10.4 Å². The summed E-state index contributed by atoms with van der Waals surface area (Å²) in [5, 5.41) is 12.2. The molecule has 0 atom stereocenters. The minimum Gasteiger partial charge on any atom is -0.484 e. The van der Waals surface area contributed by atoms with Crippen molar-refractivity contribution in [2.45, 2.75) is 0 Å². The fourth-order valence-electron chi connectivity index (χ4n) is 2.15. The van der Waals surface area contributed by atoms with Crippen LogP contribution in [0.2, 0.25) is 0 Å². The molecule has 3 aromatic rings. The Labute approximate surface area is 141 Å². The van der Waals surface area contributed by atoms with Gasteiger partial charge in [-0.2, -0.15) is 0 Å². The highest BCUT2D eigenvalue weighted by Crippen LogP contribution is 2.28. The number of carbonyl (C=O) groups excluding carboxylic acids is 2. The first-order valence-electron chi connectivity index (χ1n) is 7.11. The van der Waals surface area contributed by atoms with Crippen LogP contribution in [0.3, 0.4) is 0 Å². The van der Waals surface area contributed by atoms with Crippen molar-refractivity contribution in [3.8, 4) is 5.75 Å². The average molecular weight is 342 g/mol. The summed E-state index contributed by atoms with van der Waals surface area (Å²) in [6, 6.07) is 16.1. The molecule has 0 aliphatic carbocycles. The number of benzene rings is 2. The zero-order valence-electron chi connectivity index (χ0n) is 12.5. The zero-order chi connectivity index (χ0) is 16.9. The Kier molecular flexibility index (Phi) is 4.74. The maximum atomic E-state index is 12.0. The van der Waals surface area contributed by atoms with Crippen molar-refractivity contribution in [3.05, 3.63) is 59.5 Å². The Bertz CT molecular complexity index is 877. The van der Waals surface area contributed by atoms with E-state index in [2.05, 4.69) is 5.32 Å². The summed E-state index contributed by atoms with van der Waals surface area (Å²) in [4.78, 5) is 23.8. The summed E-state index contributed by atoms with van der Waals surface area (Å²) in [5.41, 5.74) is 2.22. The molecule has 0 saturated heterocycles. The lowest BCUT2D eigenvalue weighted by Crippen LogP contribution is -2.20. The van der Waals surface area contributed by atoms with E-state index in [1.54, 1.807) is 35.8 Å². The van der Waals surface area contributed by atoms with Crippen LogP contribution in [0.1, 0.15) is 9.67 Å². The van der Waals surface area contributed by atoms with Crippen LogP contribution in [0, 0.1) is 0 Å². The average Bonchev–Trinajstić information content (AvgIpc) is 3.03. The lowest BCUT2D eigenvalue weighted by molar-refractivity contribution is -0.118. The molecule has 0 radical (unpaired) electrons. The fourth-order valence-corrected chi connectivity index (χ4v) is 3.08. The molecule has 1 aromatic heterocycles. The predicted molar refractivity (Wildman–Crippen MR) is 91.6 cm³/mol. The molecular weight excluding hydrogens is 328 g/mol. The van der Waals surface area contributed by atoms with Crippen molar-refractivity contribution in [3.63, 3.8) is 0 Å². The molecule has 1 heterocycles. The van der Waals surface area contributed by atoms with E-state index in [9.17, 15) is 9.59 Å². The maximum Gasteiger partial charge on any atom is 0.284 e. The van der Waals surface area contributed by atoms with Crippen molar-refractivity contribution in [2.75, 3.05) is 11.9 Å². The first-order valence-corrected chi connectivity index (χ1v) is 7.93. The number of ether oxygens (including phenoxy) is 1. The van der Waals surface area contributed by atoms with Gasteiger partial charge in [-0.25, -0.2) is 5.48 Å². The first-order chi connectivity index (χ1) is 11.7. The summed E-state index contributed by atoms with van der Waals surface area (Å²) in [6.07, 6.45) is 0. The number of anilines is 1. The number of hydrogen-bond donors (Lipinski definition) is 3.